The summed E-state index contributed by atoms with van der Waals surface area (Å²) < 4.78 is 10.9. The largest absolute Gasteiger partial charge is 0.467 e. The molecule has 0 fully saturated rings. The number of aromatic nitrogens is 1. The molecule has 0 spiro atoms. The molecule has 0 aliphatic carbocycles. The fourth-order valence-electron chi connectivity index (χ4n) is 3.17. The third-order valence-corrected chi connectivity index (χ3v) is 5.27. The van der Waals surface area contributed by atoms with Gasteiger partial charge < -0.3 is 13.8 Å². The zero-order valence-corrected chi connectivity index (χ0v) is 17.5. The first kappa shape index (κ1) is 20.0. The Labute approximate surface area is 179 Å². The lowest BCUT2D eigenvalue weighted by molar-refractivity contribution is 0.0707. The van der Waals surface area contributed by atoms with E-state index in [4.69, 9.17) is 20.5 Å². The van der Waals surface area contributed by atoms with E-state index in [0.717, 1.165) is 16.7 Å². The molecule has 1 amide bonds. The SMILES string of the molecule is Cc1ccc(-c2cc(C(=O)N(Cc3ccc(Cl)cc3)Cc3ccco3)no2)cc1C. The van der Waals surface area contributed by atoms with Gasteiger partial charge in [-0.1, -0.05) is 41.0 Å². The fraction of sp³-hybridized carbons (Fsp3) is 0.167. The summed E-state index contributed by atoms with van der Waals surface area (Å²) in [6, 6.07) is 18.7. The molecule has 2 heterocycles. The van der Waals surface area contributed by atoms with E-state index in [1.807, 2.05) is 43.3 Å². The maximum Gasteiger partial charge on any atom is 0.276 e. The van der Waals surface area contributed by atoms with Crippen LogP contribution in [0.2, 0.25) is 5.02 Å². The normalized spacial score (nSPS) is 10.9. The second-order valence-corrected chi connectivity index (χ2v) is 7.68. The molecule has 0 atom stereocenters. The van der Waals surface area contributed by atoms with Crippen molar-refractivity contribution in [1.29, 1.82) is 0 Å². The minimum Gasteiger partial charge on any atom is -0.467 e. The third-order valence-electron chi connectivity index (χ3n) is 5.02. The van der Waals surface area contributed by atoms with Crippen LogP contribution in [0.4, 0.5) is 0 Å². The second-order valence-electron chi connectivity index (χ2n) is 7.24. The smallest absolute Gasteiger partial charge is 0.276 e. The predicted molar refractivity (Wildman–Crippen MR) is 115 cm³/mol. The Balaban J connectivity index is 1.59. The van der Waals surface area contributed by atoms with Crippen molar-refractivity contribution in [2.24, 2.45) is 0 Å². The van der Waals surface area contributed by atoms with E-state index < -0.39 is 0 Å². The number of halogens is 1. The van der Waals surface area contributed by atoms with Crippen LogP contribution < -0.4 is 0 Å². The topological polar surface area (TPSA) is 59.5 Å². The van der Waals surface area contributed by atoms with E-state index in [0.29, 0.717) is 29.6 Å². The fourth-order valence-corrected chi connectivity index (χ4v) is 3.30. The van der Waals surface area contributed by atoms with Crippen molar-refractivity contribution in [3.8, 4) is 11.3 Å². The lowest BCUT2D eigenvalue weighted by atomic mass is 10.0. The number of benzene rings is 2. The number of hydrogen-bond acceptors (Lipinski definition) is 4. The number of nitrogens with zero attached hydrogens (tertiary/aromatic N) is 2. The van der Waals surface area contributed by atoms with Crippen LogP contribution in [0.5, 0.6) is 0 Å². The molecule has 152 valence electrons. The first-order valence-corrected chi connectivity index (χ1v) is 9.98. The van der Waals surface area contributed by atoms with E-state index in [9.17, 15) is 4.79 Å². The number of carbonyl (C=O) groups is 1. The van der Waals surface area contributed by atoms with Gasteiger partial charge in [-0.3, -0.25) is 4.79 Å². The summed E-state index contributed by atoms with van der Waals surface area (Å²) in [6.45, 7) is 4.80. The van der Waals surface area contributed by atoms with Crippen molar-refractivity contribution in [3.05, 3.63) is 100 Å². The molecular weight excluding hydrogens is 400 g/mol. The molecular formula is C24H21ClN2O3. The lowest BCUT2D eigenvalue weighted by Crippen LogP contribution is -2.30. The molecule has 2 aromatic heterocycles. The van der Waals surface area contributed by atoms with Crippen LogP contribution in [0.15, 0.2) is 75.9 Å². The van der Waals surface area contributed by atoms with Gasteiger partial charge >= 0.3 is 0 Å². The molecule has 0 unspecified atom stereocenters. The van der Waals surface area contributed by atoms with Crippen LogP contribution in [-0.2, 0) is 13.1 Å². The average molecular weight is 421 g/mol. The molecule has 30 heavy (non-hydrogen) atoms. The average Bonchev–Trinajstić information content (AvgIpc) is 3.43. The number of carbonyl (C=O) groups excluding carboxylic acids is 1. The van der Waals surface area contributed by atoms with Crippen LogP contribution in [-0.4, -0.2) is 16.0 Å². The molecule has 6 heteroatoms. The minimum atomic E-state index is -0.236. The Morgan fingerprint density at radius 1 is 1.00 bits per heavy atom. The van der Waals surface area contributed by atoms with Gasteiger partial charge in [0.15, 0.2) is 11.5 Å². The van der Waals surface area contributed by atoms with Gasteiger partial charge in [-0.05, 0) is 60.9 Å². The Hall–Kier alpha value is -3.31. The van der Waals surface area contributed by atoms with Gasteiger partial charge in [0.1, 0.15) is 5.76 Å². The van der Waals surface area contributed by atoms with Gasteiger partial charge in [-0.15, -0.1) is 0 Å². The molecule has 5 nitrogen and oxygen atoms in total. The highest BCUT2D eigenvalue weighted by atomic mass is 35.5. The Morgan fingerprint density at radius 3 is 2.50 bits per heavy atom. The van der Waals surface area contributed by atoms with Gasteiger partial charge in [0.05, 0.1) is 12.8 Å². The molecule has 0 aliphatic rings. The van der Waals surface area contributed by atoms with Gasteiger partial charge in [-0.2, -0.15) is 0 Å². The molecule has 0 radical (unpaired) electrons. The molecule has 4 aromatic rings. The third kappa shape index (κ3) is 4.47. The summed E-state index contributed by atoms with van der Waals surface area (Å²) in [7, 11) is 0. The molecule has 4 rings (SSSR count). The van der Waals surface area contributed by atoms with Crippen LogP contribution in [0, 0.1) is 13.8 Å². The molecule has 2 aromatic carbocycles. The maximum atomic E-state index is 13.2. The van der Waals surface area contributed by atoms with E-state index in [1.165, 1.54) is 5.56 Å². The summed E-state index contributed by atoms with van der Waals surface area (Å²) in [5, 5.41) is 4.68. The summed E-state index contributed by atoms with van der Waals surface area (Å²) in [6.07, 6.45) is 1.59. The summed E-state index contributed by atoms with van der Waals surface area (Å²) in [5.41, 5.74) is 4.45. The Morgan fingerprint density at radius 2 is 1.80 bits per heavy atom. The Kier molecular flexibility index (Phi) is 5.72. The van der Waals surface area contributed by atoms with Crippen molar-refractivity contribution in [2.75, 3.05) is 0 Å². The molecule has 0 aliphatic heterocycles. The quantitative estimate of drug-likeness (QED) is 0.381. The monoisotopic (exact) mass is 420 g/mol. The number of hydrogen-bond donors (Lipinski definition) is 0. The highest BCUT2D eigenvalue weighted by Gasteiger charge is 2.22. The summed E-state index contributed by atoms with van der Waals surface area (Å²) in [5.74, 6) is 1.02. The lowest BCUT2D eigenvalue weighted by Gasteiger charge is -2.20. The van der Waals surface area contributed by atoms with E-state index in [2.05, 4.69) is 12.1 Å². The predicted octanol–water partition coefficient (Wildman–Crippen LogP) is 6.05. The molecule has 0 N–H and O–H groups in total. The van der Waals surface area contributed by atoms with E-state index in [-0.39, 0.29) is 11.6 Å². The maximum absolute atomic E-state index is 13.2. The zero-order chi connectivity index (χ0) is 21.1. The first-order chi connectivity index (χ1) is 14.5. The van der Waals surface area contributed by atoms with Crippen LogP contribution in [0.1, 0.15) is 32.9 Å². The van der Waals surface area contributed by atoms with Gasteiger partial charge in [0, 0.05) is 23.2 Å². The molecule has 0 saturated carbocycles. The molecule has 0 saturated heterocycles. The zero-order valence-electron chi connectivity index (χ0n) is 16.8. The number of aryl methyl sites for hydroxylation is 2. The molecule has 0 bridgehead atoms. The van der Waals surface area contributed by atoms with E-state index in [1.54, 1.807) is 35.4 Å². The highest BCUT2D eigenvalue weighted by Crippen LogP contribution is 2.24. The van der Waals surface area contributed by atoms with Crippen LogP contribution >= 0.6 is 11.6 Å². The van der Waals surface area contributed by atoms with E-state index >= 15 is 0 Å². The van der Waals surface area contributed by atoms with Gasteiger partial charge in [0.25, 0.3) is 5.91 Å². The van der Waals surface area contributed by atoms with Crippen LogP contribution in [0.25, 0.3) is 11.3 Å². The van der Waals surface area contributed by atoms with Crippen molar-refractivity contribution >= 4 is 17.5 Å². The Bertz CT molecular complexity index is 1150. The van der Waals surface area contributed by atoms with Gasteiger partial charge in [-0.25, -0.2) is 0 Å². The number of amides is 1. The number of rotatable bonds is 6. The second kappa shape index (κ2) is 8.59. The number of furan rings is 1. The summed E-state index contributed by atoms with van der Waals surface area (Å²) >= 11 is 5.99. The van der Waals surface area contributed by atoms with Crippen molar-refractivity contribution in [3.63, 3.8) is 0 Å². The first-order valence-electron chi connectivity index (χ1n) is 9.60. The highest BCUT2D eigenvalue weighted by molar-refractivity contribution is 6.30. The standard InChI is InChI=1S/C24H21ClN2O3/c1-16-5-8-19(12-17(16)2)23-13-22(26-30-23)24(28)27(15-21-4-3-11-29-21)14-18-6-9-20(25)10-7-18/h3-13H,14-15H2,1-2H3. The van der Waals surface area contributed by atoms with Crippen molar-refractivity contribution < 1.29 is 13.7 Å². The minimum absolute atomic E-state index is 0.236. The van der Waals surface area contributed by atoms with Gasteiger partial charge in [0.2, 0.25) is 0 Å². The van der Waals surface area contributed by atoms with Crippen LogP contribution in [0.3, 0.4) is 0 Å². The van der Waals surface area contributed by atoms with Crippen molar-refractivity contribution in [2.45, 2.75) is 26.9 Å². The summed E-state index contributed by atoms with van der Waals surface area (Å²) in [4.78, 5) is 14.9. The van der Waals surface area contributed by atoms with Crippen molar-refractivity contribution in [1.82, 2.24) is 10.1 Å².